The smallest absolute Gasteiger partial charge is 0.250 e. The molecule has 0 aliphatic heterocycles. The molecule has 7 nitrogen and oxygen atoms in total. The van der Waals surface area contributed by atoms with Crippen LogP contribution in [-0.2, 0) is 0 Å². The van der Waals surface area contributed by atoms with Crippen molar-refractivity contribution in [2.24, 2.45) is 5.73 Å². The highest BCUT2D eigenvalue weighted by atomic mass is 16.3. The number of anilines is 2. The number of nitrogens with two attached hydrogens (primary N) is 2. The fourth-order valence-electron chi connectivity index (χ4n) is 4.61. The van der Waals surface area contributed by atoms with Gasteiger partial charge < -0.3 is 26.5 Å². The van der Waals surface area contributed by atoms with E-state index in [1.807, 2.05) is 43.5 Å². The van der Waals surface area contributed by atoms with Crippen molar-refractivity contribution in [2.75, 3.05) is 24.2 Å². The van der Waals surface area contributed by atoms with E-state index in [0.717, 1.165) is 44.2 Å². The Morgan fingerprint density at radius 3 is 2.63 bits per heavy atom. The van der Waals surface area contributed by atoms with Gasteiger partial charge in [-0.3, -0.25) is 4.79 Å². The lowest BCUT2D eigenvalue weighted by Gasteiger charge is -2.14. The molecule has 1 amide bonds. The largest absolute Gasteiger partial charge is 0.396 e. The summed E-state index contributed by atoms with van der Waals surface area (Å²) in [7, 11) is 0. The Kier molecular flexibility index (Phi) is 5.84. The van der Waals surface area contributed by atoms with Crippen LogP contribution in [-0.4, -0.2) is 33.7 Å². The summed E-state index contributed by atoms with van der Waals surface area (Å²) >= 11 is 0. The second-order valence-corrected chi connectivity index (χ2v) is 8.58. The van der Waals surface area contributed by atoms with E-state index in [9.17, 15) is 4.79 Å². The van der Waals surface area contributed by atoms with Crippen molar-refractivity contribution in [3.8, 4) is 16.8 Å². The molecule has 5 rings (SSSR count). The zero-order chi connectivity index (χ0) is 24.5. The molecule has 0 saturated heterocycles. The molecule has 6 N–H and O–H groups in total. The quantitative estimate of drug-likeness (QED) is 0.261. The lowest BCUT2D eigenvalue weighted by Crippen LogP contribution is -2.15. The number of nitrogen functional groups attached to an aromatic ring is 1. The van der Waals surface area contributed by atoms with Gasteiger partial charge in [0.2, 0.25) is 0 Å². The Morgan fingerprint density at radius 2 is 1.86 bits per heavy atom. The summed E-state index contributed by atoms with van der Waals surface area (Å²) in [5.41, 5.74) is 18.6. The number of primary amides is 1. The maximum absolute atomic E-state index is 12.0. The van der Waals surface area contributed by atoms with E-state index in [0.29, 0.717) is 30.0 Å². The molecular formula is C28H27N5O2. The van der Waals surface area contributed by atoms with Crippen LogP contribution >= 0.6 is 0 Å². The molecule has 0 saturated carbocycles. The number of para-hydroxylation sites is 1. The second kappa shape index (κ2) is 9.12. The molecule has 0 bridgehead atoms. The number of nitrogens with zero attached hydrogens (tertiary/aromatic N) is 2. The van der Waals surface area contributed by atoms with Crippen LogP contribution in [0.5, 0.6) is 0 Å². The lowest BCUT2D eigenvalue weighted by molar-refractivity contribution is 0.100. The van der Waals surface area contributed by atoms with E-state index in [2.05, 4.69) is 45.2 Å². The van der Waals surface area contributed by atoms with Gasteiger partial charge in [-0.2, -0.15) is 0 Å². The molecule has 0 unspecified atom stereocenters. The highest BCUT2D eigenvalue weighted by molar-refractivity contribution is 6.15. The first kappa shape index (κ1) is 22.4. The summed E-state index contributed by atoms with van der Waals surface area (Å²) in [6, 6.07) is 22.1. The number of amides is 1. The van der Waals surface area contributed by atoms with Gasteiger partial charge in [0.1, 0.15) is 5.82 Å². The summed E-state index contributed by atoms with van der Waals surface area (Å²) < 4.78 is 2.19. The molecule has 2 aromatic heterocycles. The first-order valence-electron chi connectivity index (χ1n) is 11.5. The van der Waals surface area contributed by atoms with Gasteiger partial charge >= 0.3 is 0 Å². The lowest BCUT2D eigenvalue weighted by atomic mass is 10.00. The Balaban J connectivity index is 1.77. The number of aliphatic hydroxyl groups is 1. The van der Waals surface area contributed by atoms with Crippen molar-refractivity contribution in [2.45, 2.75) is 13.3 Å². The Bertz CT molecular complexity index is 1570. The van der Waals surface area contributed by atoms with Crippen molar-refractivity contribution in [1.29, 1.82) is 0 Å². The van der Waals surface area contributed by atoms with Crippen molar-refractivity contribution < 1.29 is 9.90 Å². The minimum absolute atomic E-state index is 0.0632. The number of hydrogen-bond donors (Lipinski definition) is 4. The Hall–Kier alpha value is -4.36. The van der Waals surface area contributed by atoms with Gasteiger partial charge in [-0.25, -0.2) is 4.98 Å². The van der Waals surface area contributed by atoms with Crippen molar-refractivity contribution in [3.63, 3.8) is 0 Å². The summed E-state index contributed by atoms with van der Waals surface area (Å²) in [4.78, 5) is 16.4. The maximum Gasteiger partial charge on any atom is 0.250 e. The van der Waals surface area contributed by atoms with E-state index in [-0.39, 0.29) is 6.61 Å². The third kappa shape index (κ3) is 3.96. The summed E-state index contributed by atoms with van der Waals surface area (Å²) in [6.45, 7) is 2.55. The van der Waals surface area contributed by atoms with Crippen LogP contribution in [0.2, 0.25) is 0 Å². The Labute approximate surface area is 203 Å². The van der Waals surface area contributed by atoms with Crippen molar-refractivity contribution in [1.82, 2.24) is 9.55 Å². The summed E-state index contributed by atoms with van der Waals surface area (Å²) in [6.07, 6.45) is 2.38. The average Bonchev–Trinajstić information content (AvgIpc) is 3.20. The van der Waals surface area contributed by atoms with Gasteiger partial charge in [0.05, 0.1) is 16.6 Å². The number of carbonyl (C=O) groups excluding carboxylic acids is 1. The minimum Gasteiger partial charge on any atom is -0.396 e. The van der Waals surface area contributed by atoms with Gasteiger partial charge in [0.25, 0.3) is 5.91 Å². The summed E-state index contributed by atoms with van der Waals surface area (Å²) in [5, 5.41) is 14.6. The van der Waals surface area contributed by atoms with Crippen LogP contribution in [0.4, 0.5) is 11.5 Å². The third-order valence-corrected chi connectivity index (χ3v) is 6.30. The minimum atomic E-state index is -0.501. The number of pyridine rings is 1. The number of nitrogens with one attached hydrogen (secondary N) is 1. The van der Waals surface area contributed by atoms with Crippen LogP contribution in [0, 0.1) is 6.92 Å². The number of aromatic nitrogens is 2. The van der Waals surface area contributed by atoms with Gasteiger partial charge in [-0.15, -0.1) is 0 Å². The number of carbonyl (C=O) groups is 1. The number of aliphatic hydroxyl groups excluding tert-OH is 1. The van der Waals surface area contributed by atoms with Gasteiger partial charge in [-0.1, -0.05) is 30.3 Å². The molecule has 3 aromatic carbocycles. The normalized spacial score (nSPS) is 11.3. The number of aryl methyl sites for hydroxylation is 1. The predicted octanol–water partition coefficient (Wildman–Crippen LogP) is 4.63. The standard InChI is InChI=1S/C28H27N5O2/c1-17-14-18(16-32-27(17)29)20-7-4-9-25-26(20)22-6-2-3-8-24(22)33(25)19-10-11-21(28(30)35)23(15-19)31-12-5-13-34/h2-4,6-11,14-16,31,34H,5,12-13H2,1H3,(H2,29,32)(H2,30,35). The zero-order valence-corrected chi connectivity index (χ0v) is 19.5. The number of benzene rings is 3. The van der Waals surface area contributed by atoms with E-state index in [4.69, 9.17) is 16.6 Å². The Morgan fingerprint density at radius 1 is 1.06 bits per heavy atom. The molecule has 7 heteroatoms. The van der Waals surface area contributed by atoms with Crippen LogP contribution in [0.3, 0.4) is 0 Å². The topological polar surface area (TPSA) is 119 Å². The van der Waals surface area contributed by atoms with Crippen LogP contribution in [0.25, 0.3) is 38.6 Å². The highest BCUT2D eigenvalue weighted by Crippen LogP contribution is 2.39. The molecule has 5 aromatic rings. The monoisotopic (exact) mass is 465 g/mol. The maximum atomic E-state index is 12.0. The molecule has 35 heavy (non-hydrogen) atoms. The third-order valence-electron chi connectivity index (χ3n) is 6.30. The van der Waals surface area contributed by atoms with Crippen LogP contribution < -0.4 is 16.8 Å². The zero-order valence-electron chi connectivity index (χ0n) is 19.5. The van der Waals surface area contributed by atoms with Gasteiger partial charge in [0.15, 0.2) is 0 Å². The molecule has 0 aliphatic rings. The van der Waals surface area contributed by atoms with E-state index in [1.54, 1.807) is 6.07 Å². The second-order valence-electron chi connectivity index (χ2n) is 8.58. The number of rotatable bonds is 7. The molecule has 2 heterocycles. The predicted molar refractivity (Wildman–Crippen MR) is 142 cm³/mol. The molecule has 0 spiro atoms. The van der Waals surface area contributed by atoms with Crippen LogP contribution in [0.15, 0.2) is 72.9 Å². The molecule has 176 valence electrons. The van der Waals surface area contributed by atoms with Gasteiger partial charge in [-0.05, 0) is 60.9 Å². The fourth-order valence-corrected chi connectivity index (χ4v) is 4.61. The number of hydrogen-bond acceptors (Lipinski definition) is 5. The fraction of sp³-hybridized carbons (Fsp3) is 0.143. The molecular weight excluding hydrogens is 438 g/mol. The molecule has 0 radical (unpaired) electrons. The van der Waals surface area contributed by atoms with E-state index in [1.165, 1.54) is 0 Å². The van der Waals surface area contributed by atoms with Crippen molar-refractivity contribution >= 4 is 39.2 Å². The number of fused-ring (bicyclic) bond motifs is 3. The van der Waals surface area contributed by atoms with E-state index >= 15 is 0 Å². The molecule has 0 fully saturated rings. The average molecular weight is 466 g/mol. The SMILES string of the molecule is Cc1cc(-c2cccc3c2c2ccccc2n3-c2ccc(C(N)=O)c(NCCCO)c2)cnc1N. The molecule has 0 aliphatic carbocycles. The first-order valence-corrected chi connectivity index (χ1v) is 11.5. The van der Waals surface area contributed by atoms with Gasteiger partial charge in [0, 0.05) is 47.1 Å². The van der Waals surface area contributed by atoms with E-state index < -0.39 is 5.91 Å². The van der Waals surface area contributed by atoms with Crippen molar-refractivity contribution in [3.05, 3.63) is 84.1 Å². The highest BCUT2D eigenvalue weighted by Gasteiger charge is 2.18. The summed E-state index contributed by atoms with van der Waals surface area (Å²) in [5.74, 6) is 0.0258. The first-order chi connectivity index (χ1) is 17.0. The van der Waals surface area contributed by atoms with Crippen LogP contribution in [0.1, 0.15) is 22.3 Å². The molecule has 0 atom stereocenters.